The number of benzene rings is 1. The van der Waals surface area contributed by atoms with Crippen molar-refractivity contribution >= 4 is 23.2 Å². The summed E-state index contributed by atoms with van der Waals surface area (Å²) >= 11 is 0. The molecular formula is C16H14N2O4. The fourth-order valence-electron chi connectivity index (χ4n) is 4.12. The van der Waals surface area contributed by atoms with Crippen LogP contribution in [0.25, 0.3) is 0 Å². The number of amides is 2. The van der Waals surface area contributed by atoms with Crippen LogP contribution in [0.2, 0.25) is 0 Å². The molecule has 5 rings (SSSR count). The number of hydrogen-bond donors (Lipinski definition) is 0. The molecule has 1 heterocycles. The number of allylic oxidation sites excluding steroid dienone is 2. The quantitative estimate of drug-likeness (QED) is 0.363. The van der Waals surface area contributed by atoms with Gasteiger partial charge in [0, 0.05) is 6.07 Å². The van der Waals surface area contributed by atoms with Gasteiger partial charge in [-0.1, -0.05) is 24.3 Å². The summed E-state index contributed by atoms with van der Waals surface area (Å²) in [6, 6.07) is 5.94. The molecule has 0 unspecified atom stereocenters. The highest BCUT2D eigenvalue weighted by molar-refractivity contribution is 6.23. The number of carbonyl (C=O) groups excluding carboxylic acids is 2. The number of nitro groups is 1. The van der Waals surface area contributed by atoms with E-state index >= 15 is 0 Å². The lowest BCUT2D eigenvalue weighted by Gasteiger charge is -2.38. The van der Waals surface area contributed by atoms with E-state index < -0.39 is 4.92 Å². The molecule has 6 nitrogen and oxygen atoms in total. The predicted octanol–water partition coefficient (Wildman–Crippen LogP) is 2.30. The van der Waals surface area contributed by atoms with Crippen molar-refractivity contribution in [1.82, 2.24) is 0 Å². The van der Waals surface area contributed by atoms with Crippen molar-refractivity contribution in [2.45, 2.75) is 12.8 Å². The van der Waals surface area contributed by atoms with Crippen LogP contribution in [0.4, 0.5) is 11.4 Å². The van der Waals surface area contributed by atoms with Crippen molar-refractivity contribution in [2.24, 2.45) is 23.7 Å². The van der Waals surface area contributed by atoms with Gasteiger partial charge in [-0.25, -0.2) is 4.90 Å². The van der Waals surface area contributed by atoms with E-state index in [1.807, 2.05) is 12.2 Å². The minimum atomic E-state index is -0.551. The molecule has 1 aliphatic heterocycles. The average Bonchev–Trinajstić information content (AvgIpc) is 2.82. The molecule has 22 heavy (non-hydrogen) atoms. The zero-order valence-electron chi connectivity index (χ0n) is 11.7. The van der Waals surface area contributed by atoms with Gasteiger partial charge in [0.05, 0.1) is 16.8 Å². The Bertz CT molecular complexity index is 695. The summed E-state index contributed by atoms with van der Waals surface area (Å²) in [5, 5.41) is 11.2. The van der Waals surface area contributed by atoms with Gasteiger partial charge in [0.15, 0.2) is 0 Å². The van der Waals surface area contributed by atoms with Crippen molar-refractivity contribution in [2.75, 3.05) is 4.90 Å². The van der Waals surface area contributed by atoms with Crippen molar-refractivity contribution < 1.29 is 14.5 Å². The number of nitro benzene ring substituents is 1. The molecule has 4 aliphatic rings. The lowest BCUT2D eigenvalue weighted by Crippen LogP contribution is -2.38. The molecule has 2 fully saturated rings. The number of anilines is 1. The molecule has 112 valence electrons. The summed E-state index contributed by atoms with van der Waals surface area (Å²) in [4.78, 5) is 37.2. The Morgan fingerprint density at radius 3 is 2.05 bits per heavy atom. The standard InChI is InChI=1S/C16H14N2O4/c19-15-13-9-5-6-10(8-7-9)14(13)16(20)17(15)11-3-1-2-4-12(11)18(21)22/h1-6,9-10,13-14H,7-8H2/t9-,10-,13+,14+/m1/s1. The molecule has 0 radical (unpaired) electrons. The Balaban J connectivity index is 1.81. The fourth-order valence-corrected chi connectivity index (χ4v) is 4.12. The second-order valence-corrected chi connectivity index (χ2v) is 6.10. The van der Waals surface area contributed by atoms with E-state index in [1.165, 1.54) is 18.2 Å². The molecule has 0 spiro atoms. The molecule has 4 atom stereocenters. The van der Waals surface area contributed by atoms with Gasteiger partial charge in [0.25, 0.3) is 5.69 Å². The summed E-state index contributed by atoms with van der Waals surface area (Å²) in [5.74, 6) is -1.11. The third-order valence-electron chi connectivity index (χ3n) is 5.08. The number of hydrogen-bond acceptors (Lipinski definition) is 4. The van der Waals surface area contributed by atoms with Crippen LogP contribution in [0.1, 0.15) is 12.8 Å². The van der Waals surface area contributed by atoms with Crippen LogP contribution in [-0.4, -0.2) is 16.7 Å². The van der Waals surface area contributed by atoms with Gasteiger partial charge >= 0.3 is 0 Å². The second kappa shape index (κ2) is 4.50. The monoisotopic (exact) mass is 298 g/mol. The van der Waals surface area contributed by atoms with Crippen LogP contribution in [0.15, 0.2) is 36.4 Å². The van der Waals surface area contributed by atoms with Crippen LogP contribution >= 0.6 is 0 Å². The Morgan fingerprint density at radius 2 is 1.55 bits per heavy atom. The maximum Gasteiger partial charge on any atom is 0.293 e. The predicted molar refractivity (Wildman–Crippen MR) is 77.9 cm³/mol. The number of carbonyl (C=O) groups is 2. The van der Waals surface area contributed by atoms with E-state index in [9.17, 15) is 19.7 Å². The van der Waals surface area contributed by atoms with Gasteiger partial charge < -0.3 is 0 Å². The number of fused-ring (bicyclic) bond motifs is 1. The normalized spacial score (nSPS) is 32.5. The first kappa shape index (κ1) is 13.2. The van der Waals surface area contributed by atoms with E-state index in [-0.39, 0.29) is 46.9 Å². The second-order valence-electron chi connectivity index (χ2n) is 6.10. The first-order valence-electron chi connectivity index (χ1n) is 7.39. The zero-order chi connectivity index (χ0) is 15.4. The smallest absolute Gasteiger partial charge is 0.274 e. The highest BCUT2D eigenvalue weighted by Gasteiger charge is 2.57. The van der Waals surface area contributed by atoms with Crippen LogP contribution in [0.5, 0.6) is 0 Å². The summed E-state index contributed by atoms with van der Waals surface area (Å²) in [6.07, 6.45) is 5.88. The molecule has 1 saturated heterocycles. The Labute approximate surface area is 126 Å². The third kappa shape index (κ3) is 1.60. The van der Waals surface area contributed by atoms with Gasteiger partial charge in [-0.3, -0.25) is 19.7 Å². The first-order chi connectivity index (χ1) is 10.6. The highest BCUT2D eigenvalue weighted by atomic mass is 16.6. The molecule has 3 aliphatic carbocycles. The maximum absolute atomic E-state index is 12.8. The molecule has 2 amide bonds. The van der Waals surface area contributed by atoms with Crippen molar-refractivity contribution in [3.63, 3.8) is 0 Å². The Kier molecular flexibility index (Phi) is 2.69. The highest BCUT2D eigenvalue weighted by Crippen LogP contribution is 2.51. The molecule has 0 aromatic heterocycles. The van der Waals surface area contributed by atoms with E-state index in [0.717, 1.165) is 17.7 Å². The maximum atomic E-state index is 12.8. The Hall–Kier alpha value is -2.50. The number of nitrogens with zero attached hydrogens (tertiary/aromatic N) is 2. The average molecular weight is 298 g/mol. The first-order valence-corrected chi connectivity index (χ1v) is 7.39. The molecular weight excluding hydrogens is 284 g/mol. The molecule has 1 saturated carbocycles. The molecule has 0 N–H and O–H groups in total. The largest absolute Gasteiger partial charge is 0.293 e. The summed E-state index contributed by atoms with van der Waals surface area (Å²) in [7, 11) is 0. The van der Waals surface area contributed by atoms with Gasteiger partial charge in [0.2, 0.25) is 11.8 Å². The van der Waals surface area contributed by atoms with Crippen LogP contribution < -0.4 is 4.90 Å². The van der Waals surface area contributed by atoms with Crippen LogP contribution in [-0.2, 0) is 9.59 Å². The van der Waals surface area contributed by atoms with E-state index in [1.54, 1.807) is 6.07 Å². The zero-order valence-corrected chi connectivity index (χ0v) is 11.7. The third-order valence-corrected chi connectivity index (χ3v) is 5.08. The van der Waals surface area contributed by atoms with Gasteiger partial charge in [-0.15, -0.1) is 0 Å². The molecule has 1 aromatic carbocycles. The topological polar surface area (TPSA) is 80.5 Å². The van der Waals surface area contributed by atoms with E-state index in [4.69, 9.17) is 0 Å². The minimum Gasteiger partial charge on any atom is -0.274 e. The molecule has 1 aromatic rings. The number of rotatable bonds is 2. The van der Waals surface area contributed by atoms with Crippen LogP contribution in [0, 0.1) is 33.8 Å². The lowest BCUT2D eigenvalue weighted by atomic mass is 9.63. The number of para-hydroxylation sites is 2. The lowest BCUT2D eigenvalue weighted by molar-refractivity contribution is -0.384. The van der Waals surface area contributed by atoms with Crippen molar-refractivity contribution in [3.8, 4) is 0 Å². The van der Waals surface area contributed by atoms with Gasteiger partial charge in [0.1, 0.15) is 5.69 Å². The Morgan fingerprint density at radius 1 is 1.00 bits per heavy atom. The van der Waals surface area contributed by atoms with Crippen molar-refractivity contribution in [1.29, 1.82) is 0 Å². The van der Waals surface area contributed by atoms with Gasteiger partial charge in [-0.05, 0) is 30.7 Å². The summed E-state index contributed by atoms with van der Waals surface area (Å²) in [5.41, 5.74) is -0.112. The molecule has 2 bridgehead atoms. The summed E-state index contributed by atoms with van der Waals surface area (Å²) in [6.45, 7) is 0. The molecule has 6 heteroatoms. The van der Waals surface area contributed by atoms with E-state index in [0.29, 0.717) is 0 Å². The summed E-state index contributed by atoms with van der Waals surface area (Å²) < 4.78 is 0. The van der Waals surface area contributed by atoms with Gasteiger partial charge in [-0.2, -0.15) is 0 Å². The van der Waals surface area contributed by atoms with E-state index in [2.05, 4.69) is 0 Å². The fraction of sp³-hybridized carbons (Fsp3) is 0.375. The minimum absolute atomic E-state index is 0.0826. The number of imide groups is 1. The van der Waals surface area contributed by atoms with Crippen molar-refractivity contribution in [3.05, 3.63) is 46.5 Å². The SMILES string of the molecule is O=C1[C@@H]2[C@@H](C(=O)N1c1ccccc1[N+](=O)[O-])[C@@H]1C=C[C@@H]2CC1. The van der Waals surface area contributed by atoms with Crippen LogP contribution in [0.3, 0.4) is 0 Å².